The summed E-state index contributed by atoms with van der Waals surface area (Å²) in [6.07, 6.45) is 5.65. The Morgan fingerprint density at radius 3 is 2.45 bits per heavy atom. The van der Waals surface area contributed by atoms with E-state index in [1.165, 1.54) is 29.7 Å². The van der Waals surface area contributed by atoms with Gasteiger partial charge in [-0.25, -0.2) is 9.37 Å². The van der Waals surface area contributed by atoms with E-state index >= 15 is 0 Å². The predicted molar refractivity (Wildman–Crippen MR) is 133 cm³/mol. The molecule has 4 rings (SSSR count). The third-order valence-electron chi connectivity index (χ3n) is 6.70. The summed E-state index contributed by atoms with van der Waals surface area (Å²) >= 11 is 1.50. The molecule has 0 radical (unpaired) electrons. The molecule has 174 valence electrons. The summed E-state index contributed by atoms with van der Waals surface area (Å²) in [5.41, 5.74) is 2.72. The van der Waals surface area contributed by atoms with Crippen LogP contribution in [-0.4, -0.2) is 36.4 Å². The Bertz CT molecular complexity index is 1030. The molecular formula is C27H32FN3OS. The van der Waals surface area contributed by atoms with Crippen LogP contribution >= 0.6 is 11.3 Å². The highest BCUT2D eigenvalue weighted by Gasteiger charge is 2.30. The zero-order chi connectivity index (χ0) is 23.2. The van der Waals surface area contributed by atoms with Crippen molar-refractivity contribution in [3.8, 4) is 10.6 Å². The average Bonchev–Trinajstić information content (AvgIpc) is 3.32. The van der Waals surface area contributed by atoms with Crippen LogP contribution in [0.5, 0.6) is 0 Å². The van der Waals surface area contributed by atoms with Gasteiger partial charge in [0.2, 0.25) is 0 Å². The fourth-order valence-electron chi connectivity index (χ4n) is 5.02. The number of nitrogens with one attached hydrogen (secondary N) is 1. The predicted octanol–water partition coefficient (Wildman–Crippen LogP) is 6.18. The van der Waals surface area contributed by atoms with Crippen molar-refractivity contribution in [1.82, 2.24) is 15.2 Å². The molecule has 0 saturated heterocycles. The van der Waals surface area contributed by atoms with Crippen molar-refractivity contribution >= 4 is 17.2 Å². The van der Waals surface area contributed by atoms with Crippen LogP contribution in [0.2, 0.25) is 0 Å². The normalized spacial score (nSPS) is 19.4. The second kappa shape index (κ2) is 11.0. The molecule has 3 aromatic rings. The van der Waals surface area contributed by atoms with Crippen LogP contribution < -0.4 is 5.32 Å². The van der Waals surface area contributed by atoms with E-state index in [1.54, 1.807) is 12.1 Å². The molecule has 6 heteroatoms. The molecule has 1 atom stereocenters. The van der Waals surface area contributed by atoms with E-state index in [2.05, 4.69) is 29.3 Å². The summed E-state index contributed by atoms with van der Waals surface area (Å²) in [4.78, 5) is 19.3. The van der Waals surface area contributed by atoms with Gasteiger partial charge in [0.25, 0.3) is 5.91 Å². The second-order valence-electron chi connectivity index (χ2n) is 9.19. The first-order valence-electron chi connectivity index (χ1n) is 11.7. The lowest BCUT2D eigenvalue weighted by molar-refractivity contribution is 0.0943. The molecule has 1 fully saturated rings. The lowest BCUT2D eigenvalue weighted by Crippen LogP contribution is -2.31. The molecule has 1 saturated carbocycles. The molecule has 0 spiro atoms. The largest absolute Gasteiger partial charge is 0.351 e. The highest BCUT2D eigenvalue weighted by molar-refractivity contribution is 7.13. The molecule has 4 nitrogen and oxygen atoms in total. The minimum Gasteiger partial charge on any atom is -0.351 e. The Labute approximate surface area is 199 Å². The van der Waals surface area contributed by atoms with E-state index in [0.29, 0.717) is 30.1 Å². The third-order valence-corrected chi connectivity index (χ3v) is 7.59. The molecule has 1 heterocycles. The number of hydrogen-bond acceptors (Lipinski definition) is 4. The number of nitrogens with zero attached hydrogens (tertiary/aromatic N) is 2. The summed E-state index contributed by atoms with van der Waals surface area (Å²) in [6.45, 7) is 0.682. The fourth-order valence-corrected chi connectivity index (χ4v) is 5.82. The van der Waals surface area contributed by atoms with E-state index in [0.717, 1.165) is 29.8 Å². The third kappa shape index (κ3) is 6.06. The lowest BCUT2D eigenvalue weighted by atomic mass is 9.75. The number of carbonyl (C=O) groups is 1. The van der Waals surface area contributed by atoms with Crippen molar-refractivity contribution in [2.45, 2.75) is 38.1 Å². The number of benzene rings is 2. The van der Waals surface area contributed by atoms with Crippen LogP contribution in [0.3, 0.4) is 0 Å². The van der Waals surface area contributed by atoms with Crippen LogP contribution in [0.15, 0.2) is 60.0 Å². The summed E-state index contributed by atoms with van der Waals surface area (Å²) in [5, 5.41) is 5.76. The highest BCUT2D eigenvalue weighted by Crippen LogP contribution is 2.40. The molecule has 1 amide bonds. The van der Waals surface area contributed by atoms with Gasteiger partial charge in [0.05, 0.1) is 0 Å². The van der Waals surface area contributed by atoms with Crippen LogP contribution in [0.25, 0.3) is 10.6 Å². The first kappa shape index (κ1) is 23.6. The van der Waals surface area contributed by atoms with E-state index in [4.69, 9.17) is 0 Å². The van der Waals surface area contributed by atoms with Gasteiger partial charge in [-0.1, -0.05) is 55.3 Å². The van der Waals surface area contributed by atoms with E-state index in [-0.39, 0.29) is 11.7 Å². The SMILES string of the molecule is CN(C)C(c1ccc(F)cc1)C1CCC(CCNC(=O)c2csc(-c3ccccc3)n2)CC1. The van der Waals surface area contributed by atoms with Crippen molar-refractivity contribution in [3.63, 3.8) is 0 Å². The zero-order valence-electron chi connectivity index (χ0n) is 19.3. The van der Waals surface area contributed by atoms with E-state index < -0.39 is 0 Å². The molecule has 33 heavy (non-hydrogen) atoms. The zero-order valence-corrected chi connectivity index (χ0v) is 20.2. The number of amides is 1. The molecule has 1 aliphatic carbocycles. The molecule has 1 N–H and O–H groups in total. The molecule has 1 aliphatic rings. The van der Waals surface area contributed by atoms with Gasteiger partial charge in [0.15, 0.2) is 0 Å². The number of thiazole rings is 1. The Hall–Kier alpha value is -2.57. The standard InChI is InChI=1S/C27H32FN3OS/c1-31(2)25(21-12-14-23(28)15-13-21)20-10-8-19(9-11-20)16-17-29-26(32)24-18-33-27(30-24)22-6-4-3-5-7-22/h3-7,12-15,18-20,25H,8-11,16-17H2,1-2H3,(H,29,32). The van der Waals surface area contributed by atoms with Crippen molar-refractivity contribution in [1.29, 1.82) is 0 Å². The number of aromatic nitrogens is 1. The topological polar surface area (TPSA) is 45.2 Å². The maximum absolute atomic E-state index is 13.4. The van der Waals surface area contributed by atoms with Gasteiger partial charge in [-0.2, -0.15) is 0 Å². The number of rotatable bonds is 8. The van der Waals surface area contributed by atoms with Gasteiger partial charge in [-0.3, -0.25) is 4.79 Å². The van der Waals surface area contributed by atoms with Gasteiger partial charge in [0, 0.05) is 23.5 Å². The number of hydrogen-bond donors (Lipinski definition) is 1. The van der Waals surface area contributed by atoms with Gasteiger partial charge in [-0.15, -0.1) is 11.3 Å². The van der Waals surface area contributed by atoms with Gasteiger partial charge >= 0.3 is 0 Å². The monoisotopic (exact) mass is 465 g/mol. The summed E-state index contributed by atoms with van der Waals surface area (Å²) in [7, 11) is 4.22. The first-order valence-corrected chi connectivity index (χ1v) is 12.6. The Morgan fingerprint density at radius 1 is 1.09 bits per heavy atom. The maximum Gasteiger partial charge on any atom is 0.270 e. The van der Waals surface area contributed by atoms with Crippen LogP contribution in [0.4, 0.5) is 4.39 Å². The second-order valence-corrected chi connectivity index (χ2v) is 10.0. The first-order chi connectivity index (χ1) is 16.0. The fraction of sp³-hybridized carbons (Fsp3) is 0.407. The smallest absolute Gasteiger partial charge is 0.270 e. The summed E-state index contributed by atoms with van der Waals surface area (Å²) in [6, 6.07) is 17.2. The van der Waals surface area contributed by atoms with Crippen molar-refractivity contribution in [2.24, 2.45) is 11.8 Å². The van der Waals surface area contributed by atoms with Crippen LogP contribution in [0.1, 0.15) is 54.2 Å². The molecule has 0 bridgehead atoms. The molecule has 0 aliphatic heterocycles. The van der Waals surface area contributed by atoms with Crippen LogP contribution in [0, 0.1) is 17.7 Å². The van der Waals surface area contributed by atoms with Crippen molar-refractivity contribution < 1.29 is 9.18 Å². The van der Waals surface area contributed by atoms with E-state index in [1.807, 2.05) is 47.8 Å². The molecule has 2 aromatic carbocycles. The lowest BCUT2D eigenvalue weighted by Gasteiger charge is -2.37. The van der Waals surface area contributed by atoms with Gasteiger partial charge in [-0.05, 0) is 62.9 Å². The Kier molecular flexibility index (Phi) is 7.89. The van der Waals surface area contributed by atoms with Crippen molar-refractivity contribution in [2.75, 3.05) is 20.6 Å². The number of carbonyl (C=O) groups excluding carboxylic acids is 1. The maximum atomic E-state index is 13.4. The molecule has 1 unspecified atom stereocenters. The minimum absolute atomic E-state index is 0.0916. The Morgan fingerprint density at radius 2 is 1.79 bits per heavy atom. The Balaban J connectivity index is 1.24. The minimum atomic E-state index is -0.184. The number of halogens is 1. The molecule has 1 aromatic heterocycles. The van der Waals surface area contributed by atoms with Gasteiger partial charge < -0.3 is 10.2 Å². The average molecular weight is 466 g/mol. The van der Waals surface area contributed by atoms with E-state index in [9.17, 15) is 9.18 Å². The summed E-state index contributed by atoms with van der Waals surface area (Å²) in [5.74, 6) is 0.928. The van der Waals surface area contributed by atoms with Gasteiger partial charge in [0.1, 0.15) is 16.5 Å². The van der Waals surface area contributed by atoms with Crippen LogP contribution in [-0.2, 0) is 0 Å². The highest BCUT2D eigenvalue weighted by atomic mass is 32.1. The summed E-state index contributed by atoms with van der Waals surface area (Å²) < 4.78 is 13.4. The molecular weight excluding hydrogens is 433 g/mol. The van der Waals surface area contributed by atoms with Crippen molar-refractivity contribution in [3.05, 3.63) is 77.1 Å². The quantitative estimate of drug-likeness (QED) is 0.432.